The number of carbonyl (C=O) groups is 2. The molecule has 2 atom stereocenters. The Bertz CT molecular complexity index is 403. The molecule has 0 aromatic rings. The third-order valence-electron chi connectivity index (χ3n) is 4.10. The van der Waals surface area contributed by atoms with E-state index in [2.05, 4.69) is 0 Å². The number of hydrogen-bond acceptors (Lipinski definition) is 4. The fourth-order valence-electron chi connectivity index (χ4n) is 3.03. The van der Waals surface area contributed by atoms with Gasteiger partial charge in [0.05, 0.1) is 12.5 Å². The fourth-order valence-corrected chi connectivity index (χ4v) is 3.03. The van der Waals surface area contributed by atoms with Crippen LogP contribution in [-0.2, 0) is 14.3 Å². The zero-order valence-electron chi connectivity index (χ0n) is 12.3. The Balaban J connectivity index is 2.06. The number of likely N-dealkylation sites (tertiary alicyclic amines) is 1. The van der Waals surface area contributed by atoms with Crippen LogP contribution in [0.25, 0.3) is 0 Å². The highest BCUT2D eigenvalue weighted by Crippen LogP contribution is 2.44. The molecular formula is C14H23NO5. The Morgan fingerprint density at radius 3 is 2.65 bits per heavy atom. The maximum Gasteiger partial charge on any atom is 0.410 e. The first-order valence-corrected chi connectivity index (χ1v) is 7.02. The van der Waals surface area contributed by atoms with Gasteiger partial charge in [-0.05, 0) is 33.6 Å². The van der Waals surface area contributed by atoms with Crippen LogP contribution in [0.3, 0.4) is 0 Å². The number of hydrogen-bond donors (Lipinski definition) is 1. The maximum absolute atomic E-state index is 12.1. The molecule has 0 aromatic heterocycles. The molecule has 1 amide bonds. The second kappa shape index (κ2) is 5.24. The van der Waals surface area contributed by atoms with Gasteiger partial charge in [0, 0.05) is 25.1 Å². The van der Waals surface area contributed by atoms with E-state index in [4.69, 9.17) is 9.47 Å². The third-order valence-corrected chi connectivity index (χ3v) is 4.10. The molecule has 0 bridgehead atoms. The molecule has 114 valence electrons. The SMILES string of the molecule is CC(C)(C)OC(=O)N1CC[C@]2(CCOC[C@@H]2C(=O)O)C1. The van der Waals surface area contributed by atoms with E-state index >= 15 is 0 Å². The molecule has 2 aliphatic heterocycles. The molecule has 6 heteroatoms. The number of rotatable bonds is 1. The minimum atomic E-state index is -0.837. The average molecular weight is 285 g/mol. The van der Waals surface area contributed by atoms with Crippen molar-refractivity contribution in [2.45, 2.75) is 39.2 Å². The molecule has 2 heterocycles. The molecule has 0 unspecified atom stereocenters. The number of carbonyl (C=O) groups excluding carboxylic acids is 1. The topological polar surface area (TPSA) is 76.1 Å². The predicted octanol–water partition coefficient (Wildman–Crippen LogP) is 1.73. The van der Waals surface area contributed by atoms with Crippen LogP contribution in [0.1, 0.15) is 33.6 Å². The lowest BCUT2D eigenvalue weighted by molar-refractivity contribution is -0.155. The van der Waals surface area contributed by atoms with E-state index in [1.807, 2.05) is 20.8 Å². The molecule has 0 aliphatic carbocycles. The maximum atomic E-state index is 12.1. The second-order valence-corrected chi connectivity index (χ2v) is 6.73. The van der Waals surface area contributed by atoms with E-state index in [1.165, 1.54) is 0 Å². The summed E-state index contributed by atoms with van der Waals surface area (Å²) in [5.41, 5.74) is -0.893. The second-order valence-electron chi connectivity index (χ2n) is 6.73. The summed E-state index contributed by atoms with van der Waals surface area (Å²) in [6.45, 7) is 7.27. The van der Waals surface area contributed by atoms with Crippen molar-refractivity contribution in [3.63, 3.8) is 0 Å². The molecule has 2 saturated heterocycles. The van der Waals surface area contributed by atoms with Crippen molar-refractivity contribution in [3.8, 4) is 0 Å². The van der Waals surface area contributed by atoms with Gasteiger partial charge < -0.3 is 19.5 Å². The quantitative estimate of drug-likeness (QED) is 0.794. The van der Waals surface area contributed by atoms with E-state index in [9.17, 15) is 14.7 Å². The van der Waals surface area contributed by atoms with Crippen molar-refractivity contribution < 1.29 is 24.2 Å². The predicted molar refractivity (Wildman–Crippen MR) is 71.4 cm³/mol. The van der Waals surface area contributed by atoms with Gasteiger partial charge in [0.2, 0.25) is 0 Å². The lowest BCUT2D eigenvalue weighted by atomic mass is 9.71. The number of nitrogens with zero attached hydrogens (tertiary/aromatic N) is 1. The van der Waals surface area contributed by atoms with Crippen molar-refractivity contribution in [2.24, 2.45) is 11.3 Å². The molecule has 0 saturated carbocycles. The summed E-state index contributed by atoms with van der Waals surface area (Å²) in [4.78, 5) is 25.1. The monoisotopic (exact) mass is 285 g/mol. The Kier molecular flexibility index (Phi) is 3.95. The van der Waals surface area contributed by atoms with Crippen LogP contribution < -0.4 is 0 Å². The lowest BCUT2D eigenvalue weighted by Gasteiger charge is -2.38. The molecule has 2 fully saturated rings. The van der Waals surface area contributed by atoms with Crippen molar-refractivity contribution in [1.29, 1.82) is 0 Å². The van der Waals surface area contributed by atoms with Gasteiger partial charge in [-0.1, -0.05) is 0 Å². The molecule has 1 N–H and O–H groups in total. The van der Waals surface area contributed by atoms with Crippen LogP contribution in [0.15, 0.2) is 0 Å². The smallest absolute Gasteiger partial charge is 0.410 e. The van der Waals surface area contributed by atoms with Crippen LogP contribution >= 0.6 is 0 Å². The molecule has 1 spiro atoms. The molecule has 6 nitrogen and oxygen atoms in total. The highest BCUT2D eigenvalue weighted by atomic mass is 16.6. The van der Waals surface area contributed by atoms with Crippen LogP contribution in [0.5, 0.6) is 0 Å². The molecule has 0 aromatic carbocycles. The zero-order valence-corrected chi connectivity index (χ0v) is 12.3. The van der Waals surface area contributed by atoms with Gasteiger partial charge in [0.25, 0.3) is 0 Å². The first-order valence-electron chi connectivity index (χ1n) is 7.02. The Hall–Kier alpha value is -1.30. The third kappa shape index (κ3) is 3.06. The normalized spacial score (nSPS) is 30.6. The highest BCUT2D eigenvalue weighted by molar-refractivity contribution is 5.73. The lowest BCUT2D eigenvalue weighted by Crippen LogP contribution is -2.46. The van der Waals surface area contributed by atoms with Crippen LogP contribution in [0, 0.1) is 11.3 Å². The summed E-state index contributed by atoms with van der Waals surface area (Å²) in [7, 11) is 0. The van der Waals surface area contributed by atoms with Gasteiger partial charge in [0.15, 0.2) is 0 Å². The van der Waals surface area contributed by atoms with Crippen LogP contribution in [0.2, 0.25) is 0 Å². The van der Waals surface area contributed by atoms with Crippen LogP contribution in [-0.4, -0.2) is 54.0 Å². The summed E-state index contributed by atoms with van der Waals surface area (Å²) >= 11 is 0. The number of aliphatic carboxylic acids is 1. The Labute approximate surface area is 119 Å². The highest BCUT2D eigenvalue weighted by Gasteiger charge is 2.51. The van der Waals surface area contributed by atoms with Gasteiger partial charge in [-0.15, -0.1) is 0 Å². The van der Waals surface area contributed by atoms with Gasteiger partial charge in [-0.2, -0.15) is 0 Å². The largest absolute Gasteiger partial charge is 0.481 e. The van der Waals surface area contributed by atoms with Crippen LogP contribution in [0.4, 0.5) is 4.79 Å². The Morgan fingerprint density at radius 2 is 2.05 bits per heavy atom. The number of amides is 1. The zero-order chi connectivity index (χ0) is 15.0. The van der Waals surface area contributed by atoms with Crippen molar-refractivity contribution in [2.75, 3.05) is 26.3 Å². The summed E-state index contributed by atoms with van der Waals surface area (Å²) in [6.07, 6.45) is 1.03. The summed E-state index contributed by atoms with van der Waals surface area (Å²) in [5, 5.41) is 9.36. The van der Waals surface area contributed by atoms with Gasteiger partial charge in [-0.3, -0.25) is 4.79 Å². The molecule has 2 aliphatic rings. The Morgan fingerprint density at radius 1 is 1.35 bits per heavy atom. The first-order chi connectivity index (χ1) is 9.23. The fraction of sp³-hybridized carbons (Fsp3) is 0.857. The molecular weight excluding hydrogens is 262 g/mol. The summed E-state index contributed by atoms with van der Waals surface area (Å²) in [6, 6.07) is 0. The molecule has 20 heavy (non-hydrogen) atoms. The number of carboxylic acids is 1. The minimum Gasteiger partial charge on any atom is -0.481 e. The first kappa shape index (κ1) is 15.1. The van der Waals surface area contributed by atoms with E-state index < -0.39 is 17.5 Å². The van der Waals surface area contributed by atoms with E-state index in [0.717, 1.165) is 0 Å². The summed E-state index contributed by atoms with van der Waals surface area (Å²) < 4.78 is 10.7. The van der Waals surface area contributed by atoms with E-state index in [0.29, 0.717) is 32.5 Å². The minimum absolute atomic E-state index is 0.234. The summed E-state index contributed by atoms with van der Waals surface area (Å²) in [5.74, 6) is -1.38. The van der Waals surface area contributed by atoms with Crippen molar-refractivity contribution >= 4 is 12.1 Å². The van der Waals surface area contributed by atoms with Gasteiger partial charge >= 0.3 is 12.1 Å². The number of carboxylic acid groups (broad SMARTS) is 1. The number of ether oxygens (including phenoxy) is 2. The van der Waals surface area contributed by atoms with Crippen molar-refractivity contribution in [3.05, 3.63) is 0 Å². The van der Waals surface area contributed by atoms with Gasteiger partial charge in [0.1, 0.15) is 5.60 Å². The molecule has 0 radical (unpaired) electrons. The van der Waals surface area contributed by atoms with E-state index in [1.54, 1.807) is 4.90 Å². The average Bonchev–Trinajstić information content (AvgIpc) is 2.72. The van der Waals surface area contributed by atoms with Crippen molar-refractivity contribution in [1.82, 2.24) is 4.90 Å². The van der Waals surface area contributed by atoms with E-state index in [-0.39, 0.29) is 18.1 Å². The van der Waals surface area contributed by atoms with Gasteiger partial charge in [-0.25, -0.2) is 4.79 Å². The molecule has 2 rings (SSSR count). The standard InChI is InChI=1S/C14H23NO5/c1-13(2,3)20-12(18)15-6-4-14(9-15)5-7-19-8-10(14)11(16)17/h10H,4-9H2,1-3H3,(H,16,17)/t10-,14+/m1/s1.